The molecule has 28 heavy (non-hydrogen) atoms. The molecule has 0 aliphatic rings. The van der Waals surface area contributed by atoms with E-state index in [1.807, 2.05) is 6.92 Å². The van der Waals surface area contributed by atoms with Gasteiger partial charge in [0.2, 0.25) is 10.0 Å². The van der Waals surface area contributed by atoms with Gasteiger partial charge in [-0.3, -0.25) is 4.72 Å². The lowest BCUT2D eigenvalue weighted by molar-refractivity contribution is 0.403. The number of halogens is 1. The number of rotatable bonds is 8. The summed E-state index contributed by atoms with van der Waals surface area (Å²) in [6.45, 7) is 2.37. The van der Waals surface area contributed by atoms with Gasteiger partial charge in [-0.25, -0.2) is 21.1 Å². The van der Waals surface area contributed by atoms with Gasteiger partial charge in [0.15, 0.2) is 0 Å². The Hall–Kier alpha value is -1.82. The fourth-order valence-electron chi connectivity index (χ4n) is 2.38. The number of nitrogens with zero attached hydrogens (tertiary/aromatic N) is 1. The van der Waals surface area contributed by atoms with E-state index in [0.29, 0.717) is 16.7 Å². The van der Waals surface area contributed by atoms with Crippen LogP contribution in [0.1, 0.15) is 6.92 Å². The number of nitrogens with one attached hydrogen (secondary N) is 2. The van der Waals surface area contributed by atoms with Crippen molar-refractivity contribution in [3.63, 3.8) is 0 Å². The number of anilines is 2. The summed E-state index contributed by atoms with van der Waals surface area (Å²) < 4.78 is 60.1. The summed E-state index contributed by atoms with van der Waals surface area (Å²) in [6, 6.07) is 8.83. The second-order valence-corrected chi connectivity index (χ2v) is 10.6. The van der Waals surface area contributed by atoms with Gasteiger partial charge in [-0.05, 0) is 43.3 Å². The summed E-state index contributed by atoms with van der Waals surface area (Å²) in [5.74, 6) is 0.165. The van der Waals surface area contributed by atoms with E-state index in [2.05, 4.69) is 26.0 Å². The van der Waals surface area contributed by atoms with Crippen molar-refractivity contribution >= 4 is 47.4 Å². The molecule has 0 atom stereocenters. The number of methoxy groups -OCH3 is 1. The molecular weight excluding hydrogens is 470 g/mol. The number of ether oxygens (including phenoxy) is 1. The average Bonchev–Trinajstić information content (AvgIpc) is 2.62. The summed E-state index contributed by atoms with van der Waals surface area (Å²) >= 11 is 3.25. The van der Waals surface area contributed by atoms with Gasteiger partial charge in [0.25, 0.3) is 10.0 Å². The van der Waals surface area contributed by atoms with Crippen molar-refractivity contribution in [2.45, 2.75) is 16.7 Å². The molecule has 2 aromatic carbocycles. The van der Waals surface area contributed by atoms with Crippen LogP contribution in [0.3, 0.4) is 0 Å². The van der Waals surface area contributed by atoms with Crippen LogP contribution in [0.15, 0.2) is 50.7 Å². The van der Waals surface area contributed by atoms with Crippen LogP contribution in [-0.2, 0) is 20.0 Å². The van der Waals surface area contributed by atoms with Gasteiger partial charge >= 0.3 is 0 Å². The monoisotopic (exact) mass is 491 g/mol. The second-order valence-electron chi connectivity index (χ2n) is 5.93. The molecule has 0 saturated heterocycles. The molecule has 0 aliphatic carbocycles. The van der Waals surface area contributed by atoms with Crippen LogP contribution in [0, 0.1) is 0 Å². The van der Waals surface area contributed by atoms with Crippen LogP contribution in [0.4, 0.5) is 11.4 Å². The molecule has 0 aliphatic heterocycles. The quantitative estimate of drug-likeness (QED) is 0.587. The normalized spacial score (nSPS) is 12.1. The highest BCUT2D eigenvalue weighted by atomic mass is 79.9. The highest BCUT2D eigenvalue weighted by Gasteiger charge is 2.24. The van der Waals surface area contributed by atoms with E-state index in [9.17, 15) is 16.8 Å². The number of sulfonamides is 2. The van der Waals surface area contributed by atoms with E-state index >= 15 is 0 Å². The first-order valence-corrected chi connectivity index (χ1v) is 11.9. The van der Waals surface area contributed by atoms with Crippen LogP contribution >= 0.6 is 15.9 Å². The van der Waals surface area contributed by atoms with E-state index in [1.54, 1.807) is 6.07 Å². The molecule has 0 fully saturated rings. The van der Waals surface area contributed by atoms with Crippen LogP contribution in [0.5, 0.6) is 5.75 Å². The summed E-state index contributed by atoms with van der Waals surface area (Å²) in [6.07, 6.45) is 0. The van der Waals surface area contributed by atoms with E-state index in [1.165, 1.54) is 51.5 Å². The standard InChI is InChI=1S/C17H22BrN3O5S2/c1-5-19-14-8-7-13(28(24,25)21(2)3)11-15(14)20-27(22,23)17-10-12(18)6-9-16(17)26-4/h6-11,19-20H,5H2,1-4H3. The summed E-state index contributed by atoms with van der Waals surface area (Å²) in [5, 5.41) is 3.02. The van der Waals surface area contributed by atoms with Gasteiger partial charge in [0.1, 0.15) is 10.6 Å². The lowest BCUT2D eigenvalue weighted by Gasteiger charge is -2.18. The Kier molecular flexibility index (Phi) is 6.97. The first kappa shape index (κ1) is 22.5. The lowest BCUT2D eigenvalue weighted by Crippen LogP contribution is -2.23. The molecule has 0 saturated carbocycles. The minimum Gasteiger partial charge on any atom is -0.495 e. The third kappa shape index (κ3) is 4.77. The molecule has 0 bridgehead atoms. The highest BCUT2D eigenvalue weighted by molar-refractivity contribution is 9.10. The smallest absolute Gasteiger partial charge is 0.265 e. The van der Waals surface area contributed by atoms with Crippen molar-refractivity contribution in [1.82, 2.24) is 4.31 Å². The van der Waals surface area contributed by atoms with Crippen molar-refractivity contribution in [3.05, 3.63) is 40.9 Å². The molecule has 154 valence electrons. The Morgan fingerprint density at radius 1 is 1.04 bits per heavy atom. The minimum atomic E-state index is -4.06. The van der Waals surface area contributed by atoms with Crippen LogP contribution in [-0.4, -0.2) is 48.9 Å². The summed E-state index contributed by atoms with van der Waals surface area (Å²) in [7, 11) is -3.60. The largest absolute Gasteiger partial charge is 0.495 e. The zero-order chi connectivity index (χ0) is 21.1. The molecule has 2 aromatic rings. The molecule has 11 heteroatoms. The molecule has 0 heterocycles. The van der Waals surface area contributed by atoms with Crippen molar-refractivity contribution in [2.24, 2.45) is 0 Å². The molecule has 0 unspecified atom stereocenters. The molecule has 8 nitrogen and oxygen atoms in total. The number of hydrogen-bond acceptors (Lipinski definition) is 6. The van der Waals surface area contributed by atoms with Crippen molar-refractivity contribution < 1.29 is 21.6 Å². The summed E-state index contributed by atoms with van der Waals surface area (Å²) in [4.78, 5) is -0.106. The van der Waals surface area contributed by atoms with Crippen LogP contribution in [0.2, 0.25) is 0 Å². The predicted octanol–water partition coefficient (Wildman–Crippen LogP) is 2.94. The summed E-state index contributed by atoms with van der Waals surface area (Å²) in [5.41, 5.74) is 0.574. The molecule has 2 rings (SSSR count). The van der Waals surface area contributed by atoms with Crippen LogP contribution in [0.25, 0.3) is 0 Å². The molecule has 0 radical (unpaired) electrons. The Morgan fingerprint density at radius 3 is 2.29 bits per heavy atom. The Bertz CT molecular complexity index is 1070. The molecule has 0 spiro atoms. The van der Waals surface area contributed by atoms with Gasteiger partial charge in [0, 0.05) is 25.1 Å². The maximum Gasteiger partial charge on any atom is 0.265 e. The van der Waals surface area contributed by atoms with Gasteiger partial charge in [0.05, 0.1) is 23.4 Å². The topological polar surface area (TPSA) is 105 Å². The highest BCUT2D eigenvalue weighted by Crippen LogP contribution is 2.32. The Morgan fingerprint density at radius 2 is 1.71 bits per heavy atom. The van der Waals surface area contributed by atoms with Crippen molar-refractivity contribution in [2.75, 3.05) is 37.8 Å². The maximum atomic E-state index is 13.0. The van der Waals surface area contributed by atoms with Gasteiger partial charge in [-0.15, -0.1) is 0 Å². The van der Waals surface area contributed by atoms with Gasteiger partial charge in [-0.2, -0.15) is 0 Å². The first-order valence-electron chi connectivity index (χ1n) is 8.19. The molecule has 0 aromatic heterocycles. The zero-order valence-corrected chi connectivity index (χ0v) is 19.1. The second kappa shape index (κ2) is 8.68. The average molecular weight is 492 g/mol. The zero-order valence-electron chi connectivity index (χ0n) is 15.9. The fraction of sp³-hybridized carbons (Fsp3) is 0.294. The lowest BCUT2D eigenvalue weighted by atomic mass is 10.2. The SMILES string of the molecule is CCNc1ccc(S(=O)(=O)N(C)C)cc1NS(=O)(=O)c1cc(Br)ccc1OC. The van der Waals surface area contributed by atoms with Crippen LogP contribution < -0.4 is 14.8 Å². The van der Waals surface area contributed by atoms with E-state index in [-0.39, 0.29) is 21.2 Å². The predicted molar refractivity (Wildman–Crippen MR) is 113 cm³/mol. The van der Waals surface area contributed by atoms with E-state index in [0.717, 1.165) is 4.31 Å². The minimum absolute atomic E-state index is 0.0296. The van der Waals surface area contributed by atoms with Gasteiger partial charge < -0.3 is 10.1 Å². The van der Waals surface area contributed by atoms with E-state index in [4.69, 9.17) is 4.74 Å². The van der Waals surface area contributed by atoms with Gasteiger partial charge in [-0.1, -0.05) is 15.9 Å². The Balaban J connectivity index is 2.59. The van der Waals surface area contributed by atoms with E-state index < -0.39 is 20.0 Å². The molecular formula is C17H22BrN3O5S2. The maximum absolute atomic E-state index is 13.0. The third-order valence-electron chi connectivity index (χ3n) is 3.80. The molecule has 2 N–H and O–H groups in total. The molecule has 0 amide bonds. The third-order valence-corrected chi connectivity index (χ3v) is 7.49. The van der Waals surface area contributed by atoms with Crippen molar-refractivity contribution in [3.8, 4) is 5.75 Å². The number of hydrogen-bond donors (Lipinski definition) is 2. The Labute approximate surface area is 174 Å². The first-order chi connectivity index (χ1) is 13.0. The fourth-order valence-corrected chi connectivity index (χ4v) is 5.09. The van der Waals surface area contributed by atoms with Crippen molar-refractivity contribution in [1.29, 1.82) is 0 Å². The number of benzene rings is 2.